The Morgan fingerprint density at radius 2 is 2.03 bits per heavy atom. The minimum atomic E-state index is -4.71. The lowest BCUT2D eigenvalue weighted by Crippen LogP contribution is -2.47. The van der Waals surface area contributed by atoms with Crippen molar-refractivity contribution in [1.82, 2.24) is 10.3 Å². The lowest BCUT2D eigenvalue weighted by Gasteiger charge is -2.27. The van der Waals surface area contributed by atoms with E-state index in [-0.39, 0.29) is 35.7 Å². The van der Waals surface area contributed by atoms with Gasteiger partial charge >= 0.3 is 12.2 Å². The molecular weight excluding hydrogens is 459 g/mol. The molecule has 3 amide bonds. The maximum atomic E-state index is 14.4. The maximum absolute atomic E-state index is 14.4. The molecule has 32 heavy (non-hydrogen) atoms. The summed E-state index contributed by atoms with van der Waals surface area (Å²) in [6, 6.07) is 0.405. The Kier molecular flexibility index (Phi) is 5.32. The standard InChI is InChI=1S/C20H14ClF5N4O2/c1-29(13-6-5-11(22)16(21)17(13)23)18(31)14-8-27-19(32)30(14)15-7-10(20(24,25)26)9-3-2-4-12(9)28-15/h2-3,5-7,14H,4,8H2,1H3,(H,27,32). The number of aromatic nitrogens is 1. The van der Waals surface area contributed by atoms with Gasteiger partial charge in [0, 0.05) is 25.6 Å². The van der Waals surface area contributed by atoms with E-state index in [1.54, 1.807) is 0 Å². The summed E-state index contributed by atoms with van der Waals surface area (Å²) < 4.78 is 68.6. The molecule has 0 spiro atoms. The molecule has 6 nitrogen and oxygen atoms in total. The maximum Gasteiger partial charge on any atom is 0.417 e. The largest absolute Gasteiger partial charge is 0.417 e. The molecule has 1 aliphatic carbocycles. The molecule has 12 heteroatoms. The van der Waals surface area contributed by atoms with Crippen molar-refractivity contribution in [3.05, 3.63) is 57.8 Å². The highest BCUT2D eigenvalue weighted by Crippen LogP contribution is 2.38. The van der Waals surface area contributed by atoms with E-state index >= 15 is 0 Å². The molecule has 1 atom stereocenters. The number of hydrogen-bond donors (Lipinski definition) is 1. The Balaban J connectivity index is 1.72. The van der Waals surface area contributed by atoms with E-state index in [4.69, 9.17) is 11.6 Å². The second-order valence-corrected chi connectivity index (χ2v) is 7.53. The van der Waals surface area contributed by atoms with Crippen LogP contribution in [-0.2, 0) is 17.4 Å². The smallest absolute Gasteiger partial charge is 0.335 e. The topological polar surface area (TPSA) is 65.5 Å². The molecule has 4 rings (SSSR count). The number of fused-ring (bicyclic) bond motifs is 1. The number of amides is 3. The molecule has 1 aliphatic heterocycles. The Bertz CT molecular complexity index is 1170. The average molecular weight is 473 g/mol. The Morgan fingerprint density at radius 1 is 1.31 bits per heavy atom. The van der Waals surface area contributed by atoms with Crippen molar-refractivity contribution in [2.24, 2.45) is 0 Å². The van der Waals surface area contributed by atoms with Crippen LogP contribution < -0.4 is 15.1 Å². The van der Waals surface area contributed by atoms with Gasteiger partial charge in [0.15, 0.2) is 5.82 Å². The molecule has 1 N–H and O–H groups in total. The fourth-order valence-electron chi connectivity index (χ4n) is 3.66. The highest BCUT2D eigenvalue weighted by molar-refractivity contribution is 6.31. The monoisotopic (exact) mass is 472 g/mol. The fraction of sp³-hybridized carbons (Fsp3) is 0.250. The Hall–Kier alpha value is -3.21. The molecule has 1 aromatic carbocycles. The highest BCUT2D eigenvalue weighted by Gasteiger charge is 2.42. The zero-order valence-corrected chi connectivity index (χ0v) is 17.1. The summed E-state index contributed by atoms with van der Waals surface area (Å²) in [5, 5.41) is 1.57. The van der Waals surface area contributed by atoms with Gasteiger partial charge in [0.1, 0.15) is 22.7 Å². The Morgan fingerprint density at radius 3 is 2.72 bits per heavy atom. The number of likely N-dealkylation sites (N-methyl/N-ethyl adjacent to an activating group) is 1. The molecule has 0 saturated carbocycles. The van der Waals surface area contributed by atoms with Crippen LogP contribution in [0.3, 0.4) is 0 Å². The number of carbonyl (C=O) groups excluding carboxylic acids is 2. The van der Waals surface area contributed by atoms with E-state index < -0.39 is 46.4 Å². The third-order valence-corrected chi connectivity index (χ3v) is 5.59. The van der Waals surface area contributed by atoms with Crippen LogP contribution >= 0.6 is 11.6 Å². The van der Waals surface area contributed by atoms with Crippen LogP contribution in [-0.4, -0.2) is 36.6 Å². The number of allylic oxidation sites excluding steroid dienone is 1. The van der Waals surface area contributed by atoms with Crippen molar-refractivity contribution < 1.29 is 31.5 Å². The number of pyridine rings is 1. The molecule has 2 aromatic rings. The minimum Gasteiger partial charge on any atom is -0.335 e. The van der Waals surface area contributed by atoms with Crippen molar-refractivity contribution >= 4 is 41.1 Å². The van der Waals surface area contributed by atoms with E-state index in [0.717, 1.165) is 21.9 Å². The minimum absolute atomic E-state index is 0.0936. The number of alkyl halides is 3. The number of rotatable bonds is 3. The van der Waals surface area contributed by atoms with Gasteiger partial charge in [0.25, 0.3) is 5.91 Å². The van der Waals surface area contributed by atoms with E-state index in [1.807, 2.05) is 0 Å². The van der Waals surface area contributed by atoms with Crippen LogP contribution in [0.2, 0.25) is 5.02 Å². The van der Waals surface area contributed by atoms with E-state index in [2.05, 4.69) is 10.3 Å². The lowest BCUT2D eigenvalue weighted by atomic mass is 10.1. The van der Waals surface area contributed by atoms with Gasteiger partial charge < -0.3 is 10.2 Å². The van der Waals surface area contributed by atoms with Gasteiger partial charge in [-0.25, -0.2) is 18.6 Å². The predicted molar refractivity (Wildman–Crippen MR) is 106 cm³/mol. The number of halogens is 6. The van der Waals surface area contributed by atoms with Crippen molar-refractivity contribution in [2.75, 3.05) is 23.4 Å². The normalized spacial score (nSPS) is 17.5. The molecule has 1 saturated heterocycles. The average Bonchev–Trinajstić information content (AvgIpc) is 3.35. The number of hydrogen-bond acceptors (Lipinski definition) is 3. The van der Waals surface area contributed by atoms with Crippen LogP contribution in [0, 0.1) is 11.6 Å². The van der Waals surface area contributed by atoms with Crippen LogP contribution in [0.4, 0.5) is 38.3 Å². The predicted octanol–water partition coefficient (Wildman–Crippen LogP) is 4.16. The first-order valence-electron chi connectivity index (χ1n) is 9.26. The van der Waals surface area contributed by atoms with Gasteiger partial charge in [-0.05, 0) is 18.2 Å². The molecule has 0 radical (unpaired) electrons. The van der Waals surface area contributed by atoms with Crippen LogP contribution in [0.15, 0.2) is 24.3 Å². The van der Waals surface area contributed by atoms with Crippen LogP contribution in [0.1, 0.15) is 16.8 Å². The summed E-state index contributed by atoms with van der Waals surface area (Å²) in [4.78, 5) is 31.3. The SMILES string of the molecule is CN(C(=O)C1CNC(=O)N1c1cc(C(F)(F)F)c2c(n1)CC=C2)c1ccc(F)c(Cl)c1F. The molecule has 1 aromatic heterocycles. The first-order chi connectivity index (χ1) is 15.0. The van der Waals surface area contributed by atoms with Gasteiger partial charge in [-0.3, -0.25) is 9.69 Å². The number of nitrogens with one attached hydrogen (secondary N) is 1. The van der Waals surface area contributed by atoms with E-state index in [0.29, 0.717) is 6.07 Å². The van der Waals surface area contributed by atoms with E-state index in [1.165, 1.54) is 19.2 Å². The van der Waals surface area contributed by atoms with Crippen LogP contribution in [0.5, 0.6) is 0 Å². The number of carbonyl (C=O) groups is 2. The molecule has 168 valence electrons. The molecule has 1 unspecified atom stereocenters. The third kappa shape index (κ3) is 3.56. The summed E-state index contributed by atoms with van der Waals surface area (Å²) in [5.41, 5.74) is -1.32. The zero-order chi connectivity index (χ0) is 23.4. The summed E-state index contributed by atoms with van der Waals surface area (Å²) in [5.74, 6) is -3.41. The van der Waals surface area contributed by atoms with Gasteiger partial charge in [-0.1, -0.05) is 23.8 Å². The lowest BCUT2D eigenvalue weighted by molar-refractivity contribution is -0.137. The zero-order valence-electron chi connectivity index (χ0n) is 16.3. The third-order valence-electron chi connectivity index (χ3n) is 5.24. The van der Waals surface area contributed by atoms with Gasteiger partial charge in [-0.2, -0.15) is 13.2 Å². The first-order valence-corrected chi connectivity index (χ1v) is 9.64. The second-order valence-electron chi connectivity index (χ2n) is 7.16. The first kappa shape index (κ1) is 22.0. The number of nitrogens with zero attached hydrogens (tertiary/aromatic N) is 3. The van der Waals surface area contributed by atoms with Crippen molar-refractivity contribution in [1.29, 1.82) is 0 Å². The summed E-state index contributed by atoms with van der Waals surface area (Å²) in [7, 11) is 1.18. The van der Waals surface area contributed by atoms with Gasteiger partial charge in [0.2, 0.25) is 0 Å². The molecule has 2 heterocycles. The highest BCUT2D eigenvalue weighted by atomic mass is 35.5. The van der Waals surface area contributed by atoms with E-state index in [9.17, 15) is 31.5 Å². The van der Waals surface area contributed by atoms with Gasteiger partial charge in [0.05, 0.1) is 16.9 Å². The summed E-state index contributed by atoms with van der Waals surface area (Å²) >= 11 is 5.57. The Labute approximate surface area is 183 Å². The molecule has 2 aliphatic rings. The molecule has 0 bridgehead atoms. The number of anilines is 2. The van der Waals surface area contributed by atoms with Crippen molar-refractivity contribution in [2.45, 2.75) is 18.6 Å². The van der Waals surface area contributed by atoms with Gasteiger partial charge in [-0.15, -0.1) is 0 Å². The summed E-state index contributed by atoms with van der Waals surface area (Å²) in [6.07, 6.45) is -1.76. The quantitative estimate of drug-likeness (QED) is 0.539. The van der Waals surface area contributed by atoms with Crippen LogP contribution in [0.25, 0.3) is 6.08 Å². The fourth-order valence-corrected chi connectivity index (χ4v) is 3.82. The van der Waals surface area contributed by atoms with Crippen molar-refractivity contribution in [3.8, 4) is 0 Å². The molecular formula is C20H14ClF5N4O2. The van der Waals surface area contributed by atoms with Crippen molar-refractivity contribution in [3.63, 3.8) is 0 Å². The number of benzene rings is 1. The molecule has 1 fully saturated rings. The number of urea groups is 1. The summed E-state index contributed by atoms with van der Waals surface area (Å²) in [6.45, 7) is -0.253. The second kappa shape index (κ2) is 7.73.